The first-order chi connectivity index (χ1) is 9.47. The van der Waals surface area contributed by atoms with E-state index in [1.54, 1.807) is 0 Å². The summed E-state index contributed by atoms with van der Waals surface area (Å²) < 4.78 is 2.14. The molecule has 1 aromatic heterocycles. The molecule has 0 radical (unpaired) electrons. The number of nitrogens with one attached hydrogen (secondary N) is 1. The molecule has 0 spiro atoms. The standard InChI is InChI=1S/C16H30N4/c1-6-16(5)12-19(14(4)8-9-17-16)11-15-10-13(3)18-20(15)7-2/h10,14,17H,6-9,11-12H2,1-5H3. The Hall–Kier alpha value is -0.870. The van der Waals surface area contributed by atoms with Gasteiger partial charge in [0.15, 0.2) is 0 Å². The molecular weight excluding hydrogens is 248 g/mol. The average Bonchev–Trinajstić information content (AvgIpc) is 2.70. The molecule has 1 aliphatic heterocycles. The molecule has 1 fully saturated rings. The fourth-order valence-corrected chi connectivity index (χ4v) is 3.08. The summed E-state index contributed by atoms with van der Waals surface area (Å²) in [5.41, 5.74) is 2.70. The van der Waals surface area contributed by atoms with Crippen molar-refractivity contribution in [2.45, 2.75) is 72.1 Å². The lowest BCUT2D eigenvalue weighted by molar-refractivity contribution is 0.159. The molecule has 2 heterocycles. The first-order valence-electron chi connectivity index (χ1n) is 8.00. The summed E-state index contributed by atoms with van der Waals surface area (Å²) in [5.74, 6) is 0. The van der Waals surface area contributed by atoms with Crippen LogP contribution in [0.2, 0.25) is 0 Å². The average molecular weight is 278 g/mol. The minimum atomic E-state index is 0.233. The molecule has 0 bridgehead atoms. The van der Waals surface area contributed by atoms with E-state index in [0.29, 0.717) is 6.04 Å². The molecule has 1 aliphatic rings. The Morgan fingerprint density at radius 1 is 1.45 bits per heavy atom. The first-order valence-corrected chi connectivity index (χ1v) is 8.00. The molecule has 1 aromatic rings. The van der Waals surface area contributed by atoms with Crippen molar-refractivity contribution in [1.29, 1.82) is 0 Å². The summed E-state index contributed by atoms with van der Waals surface area (Å²) in [4.78, 5) is 2.62. The number of aromatic nitrogens is 2. The fraction of sp³-hybridized carbons (Fsp3) is 0.812. The number of nitrogens with zero attached hydrogens (tertiary/aromatic N) is 3. The Kier molecular flexibility index (Phi) is 4.86. The first kappa shape index (κ1) is 15.5. The number of aryl methyl sites for hydroxylation is 2. The van der Waals surface area contributed by atoms with Gasteiger partial charge in [-0.25, -0.2) is 0 Å². The van der Waals surface area contributed by atoms with Crippen molar-refractivity contribution in [2.75, 3.05) is 13.1 Å². The number of hydrogen-bond donors (Lipinski definition) is 1. The second-order valence-corrected chi connectivity index (χ2v) is 6.48. The quantitative estimate of drug-likeness (QED) is 0.919. The van der Waals surface area contributed by atoms with Crippen molar-refractivity contribution in [3.63, 3.8) is 0 Å². The highest BCUT2D eigenvalue weighted by Gasteiger charge is 2.30. The Morgan fingerprint density at radius 2 is 2.20 bits per heavy atom. The SMILES string of the molecule is CCn1nc(C)cc1CN1CC(C)(CC)NCCC1C. The van der Waals surface area contributed by atoms with Crippen LogP contribution in [0.4, 0.5) is 0 Å². The second kappa shape index (κ2) is 6.27. The summed E-state index contributed by atoms with van der Waals surface area (Å²) in [6.45, 7) is 15.4. The van der Waals surface area contributed by atoms with Gasteiger partial charge in [-0.1, -0.05) is 6.92 Å². The molecule has 0 saturated carbocycles. The van der Waals surface area contributed by atoms with Gasteiger partial charge in [0.05, 0.1) is 11.4 Å². The molecule has 0 aliphatic carbocycles. The predicted molar refractivity (Wildman–Crippen MR) is 83.8 cm³/mol. The van der Waals surface area contributed by atoms with Crippen LogP contribution in [0.25, 0.3) is 0 Å². The van der Waals surface area contributed by atoms with E-state index in [0.717, 1.165) is 31.9 Å². The third-order valence-electron chi connectivity index (χ3n) is 4.72. The van der Waals surface area contributed by atoms with Gasteiger partial charge in [0.1, 0.15) is 0 Å². The highest BCUT2D eigenvalue weighted by Crippen LogP contribution is 2.21. The van der Waals surface area contributed by atoms with Gasteiger partial charge in [-0.2, -0.15) is 5.10 Å². The van der Waals surface area contributed by atoms with Crippen molar-refractivity contribution in [2.24, 2.45) is 0 Å². The highest BCUT2D eigenvalue weighted by atomic mass is 15.3. The van der Waals surface area contributed by atoms with Gasteiger partial charge in [0.25, 0.3) is 0 Å². The molecule has 114 valence electrons. The van der Waals surface area contributed by atoms with Gasteiger partial charge >= 0.3 is 0 Å². The Bertz CT molecular complexity index is 440. The van der Waals surface area contributed by atoms with E-state index in [1.807, 2.05) is 0 Å². The summed E-state index contributed by atoms with van der Waals surface area (Å²) >= 11 is 0. The maximum atomic E-state index is 4.57. The molecular formula is C16H30N4. The Balaban J connectivity index is 2.16. The Labute approximate surface area is 123 Å². The van der Waals surface area contributed by atoms with Crippen molar-refractivity contribution < 1.29 is 0 Å². The van der Waals surface area contributed by atoms with Gasteiger partial charge in [-0.05, 0) is 53.1 Å². The molecule has 1 saturated heterocycles. The zero-order chi connectivity index (χ0) is 14.8. The van der Waals surface area contributed by atoms with Crippen LogP contribution in [0.15, 0.2) is 6.07 Å². The smallest absolute Gasteiger partial charge is 0.0597 e. The Morgan fingerprint density at radius 3 is 2.85 bits per heavy atom. The topological polar surface area (TPSA) is 33.1 Å². The van der Waals surface area contributed by atoms with Gasteiger partial charge in [-0.3, -0.25) is 9.58 Å². The lowest BCUT2D eigenvalue weighted by atomic mass is 9.98. The van der Waals surface area contributed by atoms with E-state index < -0.39 is 0 Å². The minimum absolute atomic E-state index is 0.233. The normalized spacial score (nSPS) is 28.6. The van der Waals surface area contributed by atoms with Crippen LogP contribution in [0.3, 0.4) is 0 Å². The van der Waals surface area contributed by atoms with E-state index in [-0.39, 0.29) is 5.54 Å². The molecule has 0 aromatic carbocycles. The lowest BCUT2D eigenvalue weighted by Gasteiger charge is -2.34. The third-order valence-corrected chi connectivity index (χ3v) is 4.72. The summed E-state index contributed by atoms with van der Waals surface area (Å²) in [6, 6.07) is 2.86. The van der Waals surface area contributed by atoms with Crippen molar-refractivity contribution in [3.05, 3.63) is 17.5 Å². The van der Waals surface area contributed by atoms with Gasteiger partial charge in [-0.15, -0.1) is 0 Å². The molecule has 2 rings (SSSR count). The monoisotopic (exact) mass is 278 g/mol. The van der Waals surface area contributed by atoms with Crippen LogP contribution >= 0.6 is 0 Å². The van der Waals surface area contributed by atoms with E-state index >= 15 is 0 Å². The van der Waals surface area contributed by atoms with Crippen molar-refractivity contribution >= 4 is 0 Å². The lowest BCUT2D eigenvalue weighted by Crippen LogP contribution is -2.49. The molecule has 1 N–H and O–H groups in total. The number of rotatable bonds is 4. The fourth-order valence-electron chi connectivity index (χ4n) is 3.08. The van der Waals surface area contributed by atoms with Crippen molar-refractivity contribution in [1.82, 2.24) is 20.0 Å². The molecule has 20 heavy (non-hydrogen) atoms. The summed E-state index contributed by atoms with van der Waals surface area (Å²) in [5, 5.41) is 8.30. The minimum Gasteiger partial charge on any atom is -0.310 e. The maximum Gasteiger partial charge on any atom is 0.0597 e. The van der Waals surface area contributed by atoms with Crippen LogP contribution in [0.1, 0.15) is 51.9 Å². The van der Waals surface area contributed by atoms with E-state index in [2.05, 4.69) is 60.7 Å². The predicted octanol–water partition coefficient (Wildman–Crippen LogP) is 2.56. The van der Waals surface area contributed by atoms with Gasteiger partial charge < -0.3 is 5.32 Å². The number of hydrogen-bond acceptors (Lipinski definition) is 3. The zero-order valence-electron chi connectivity index (χ0n) is 13.7. The zero-order valence-corrected chi connectivity index (χ0v) is 13.7. The van der Waals surface area contributed by atoms with E-state index in [1.165, 1.54) is 18.5 Å². The highest BCUT2D eigenvalue weighted by molar-refractivity contribution is 5.09. The van der Waals surface area contributed by atoms with E-state index in [9.17, 15) is 0 Å². The van der Waals surface area contributed by atoms with Gasteiger partial charge in [0.2, 0.25) is 0 Å². The molecule has 4 heteroatoms. The summed E-state index contributed by atoms with van der Waals surface area (Å²) in [7, 11) is 0. The van der Waals surface area contributed by atoms with Crippen LogP contribution in [0.5, 0.6) is 0 Å². The van der Waals surface area contributed by atoms with Crippen LogP contribution < -0.4 is 5.32 Å². The van der Waals surface area contributed by atoms with Gasteiger partial charge in [0, 0.05) is 31.2 Å². The van der Waals surface area contributed by atoms with Crippen LogP contribution in [-0.2, 0) is 13.1 Å². The summed E-state index contributed by atoms with van der Waals surface area (Å²) in [6.07, 6.45) is 2.39. The molecule has 4 nitrogen and oxygen atoms in total. The second-order valence-electron chi connectivity index (χ2n) is 6.48. The third kappa shape index (κ3) is 3.41. The van der Waals surface area contributed by atoms with Crippen LogP contribution in [-0.4, -0.2) is 39.4 Å². The van der Waals surface area contributed by atoms with E-state index in [4.69, 9.17) is 0 Å². The van der Waals surface area contributed by atoms with Crippen molar-refractivity contribution in [3.8, 4) is 0 Å². The molecule has 2 atom stereocenters. The largest absolute Gasteiger partial charge is 0.310 e. The molecule has 2 unspecified atom stereocenters. The van der Waals surface area contributed by atoms with Crippen LogP contribution in [0, 0.1) is 6.92 Å². The maximum absolute atomic E-state index is 4.57. The molecule has 0 amide bonds.